The molecule has 32 heavy (non-hydrogen) atoms. The molecule has 0 saturated heterocycles. The number of hydrogen-bond acceptors (Lipinski definition) is 6. The molecule has 0 atom stereocenters. The SMILES string of the molecule is COc1ccc(CC(=O)Nc2ccc(C)cc2N=Nc2ccc(C)cc2)c(OC)c1OC. The molecule has 3 rings (SSSR count). The molecule has 0 radical (unpaired) electrons. The van der Waals surface area contributed by atoms with Gasteiger partial charge in [0.2, 0.25) is 11.7 Å². The Morgan fingerprint density at radius 2 is 1.50 bits per heavy atom. The summed E-state index contributed by atoms with van der Waals surface area (Å²) in [6.45, 7) is 3.98. The summed E-state index contributed by atoms with van der Waals surface area (Å²) in [7, 11) is 4.61. The Bertz CT molecular complexity index is 1120. The first-order valence-corrected chi connectivity index (χ1v) is 10.1. The smallest absolute Gasteiger partial charge is 0.229 e. The summed E-state index contributed by atoms with van der Waals surface area (Å²) in [4.78, 5) is 12.8. The number of anilines is 1. The van der Waals surface area contributed by atoms with E-state index in [0.29, 0.717) is 34.2 Å². The molecule has 0 aromatic heterocycles. The van der Waals surface area contributed by atoms with Crippen LogP contribution in [0.5, 0.6) is 17.2 Å². The lowest BCUT2D eigenvalue weighted by molar-refractivity contribution is -0.115. The van der Waals surface area contributed by atoms with E-state index >= 15 is 0 Å². The molecule has 166 valence electrons. The van der Waals surface area contributed by atoms with Crippen molar-refractivity contribution in [2.24, 2.45) is 10.2 Å². The molecule has 1 amide bonds. The van der Waals surface area contributed by atoms with E-state index in [4.69, 9.17) is 14.2 Å². The van der Waals surface area contributed by atoms with Crippen molar-refractivity contribution in [1.82, 2.24) is 0 Å². The molecule has 3 aromatic carbocycles. The number of carbonyl (C=O) groups excluding carboxylic acids is 1. The van der Waals surface area contributed by atoms with E-state index in [1.54, 1.807) is 19.2 Å². The van der Waals surface area contributed by atoms with Crippen LogP contribution in [0, 0.1) is 13.8 Å². The summed E-state index contributed by atoms with van der Waals surface area (Å²) in [5, 5.41) is 11.6. The van der Waals surface area contributed by atoms with Gasteiger partial charge in [-0.15, -0.1) is 5.11 Å². The van der Waals surface area contributed by atoms with Crippen LogP contribution in [0.3, 0.4) is 0 Å². The number of amides is 1. The monoisotopic (exact) mass is 433 g/mol. The molecule has 0 fully saturated rings. The maximum atomic E-state index is 12.8. The van der Waals surface area contributed by atoms with Crippen molar-refractivity contribution in [2.75, 3.05) is 26.6 Å². The molecule has 0 bridgehead atoms. The lowest BCUT2D eigenvalue weighted by Crippen LogP contribution is -2.15. The van der Waals surface area contributed by atoms with E-state index in [1.165, 1.54) is 14.2 Å². The maximum absolute atomic E-state index is 12.8. The van der Waals surface area contributed by atoms with Gasteiger partial charge < -0.3 is 19.5 Å². The largest absolute Gasteiger partial charge is 0.493 e. The average molecular weight is 434 g/mol. The van der Waals surface area contributed by atoms with Crippen molar-refractivity contribution in [3.63, 3.8) is 0 Å². The quantitative estimate of drug-likeness (QED) is 0.447. The van der Waals surface area contributed by atoms with Crippen LogP contribution in [-0.4, -0.2) is 27.2 Å². The van der Waals surface area contributed by atoms with Crippen LogP contribution < -0.4 is 19.5 Å². The van der Waals surface area contributed by atoms with Gasteiger partial charge in [0, 0.05) is 5.56 Å². The third-order valence-electron chi connectivity index (χ3n) is 4.87. The predicted molar refractivity (Wildman–Crippen MR) is 125 cm³/mol. The van der Waals surface area contributed by atoms with Gasteiger partial charge in [-0.2, -0.15) is 5.11 Å². The Labute approximate surface area is 188 Å². The molecule has 7 nitrogen and oxygen atoms in total. The molecule has 0 unspecified atom stereocenters. The van der Waals surface area contributed by atoms with Gasteiger partial charge in [0.1, 0.15) is 5.69 Å². The van der Waals surface area contributed by atoms with Crippen LogP contribution in [-0.2, 0) is 11.2 Å². The molecule has 0 heterocycles. The van der Waals surface area contributed by atoms with E-state index in [2.05, 4.69) is 15.5 Å². The van der Waals surface area contributed by atoms with E-state index in [1.807, 2.05) is 56.3 Å². The standard InChI is InChI=1S/C25H27N3O4/c1-16-6-10-19(11-7-16)27-28-21-14-17(2)8-12-20(21)26-23(29)15-18-9-13-22(30-3)25(32-5)24(18)31-4/h6-14H,15H2,1-5H3,(H,26,29). The second-order valence-corrected chi connectivity index (χ2v) is 7.27. The van der Waals surface area contributed by atoms with Gasteiger partial charge in [-0.3, -0.25) is 4.79 Å². The minimum atomic E-state index is -0.217. The third kappa shape index (κ3) is 5.43. The molecule has 0 spiro atoms. The van der Waals surface area contributed by atoms with E-state index in [-0.39, 0.29) is 12.3 Å². The van der Waals surface area contributed by atoms with Crippen molar-refractivity contribution in [3.8, 4) is 17.2 Å². The average Bonchev–Trinajstić information content (AvgIpc) is 2.79. The Kier molecular flexibility index (Phi) is 7.44. The third-order valence-corrected chi connectivity index (χ3v) is 4.87. The van der Waals surface area contributed by atoms with Crippen molar-refractivity contribution in [3.05, 3.63) is 71.3 Å². The highest BCUT2D eigenvalue weighted by Crippen LogP contribution is 2.40. The summed E-state index contributed by atoms with van der Waals surface area (Å²) < 4.78 is 16.2. The van der Waals surface area contributed by atoms with Crippen LogP contribution in [0.25, 0.3) is 0 Å². The molecule has 0 aliphatic carbocycles. The van der Waals surface area contributed by atoms with Crippen LogP contribution in [0.1, 0.15) is 16.7 Å². The summed E-state index contributed by atoms with van der Waals surface area (Å²) in [5.74, 6) is 1.23. The highest BCUT2D eigenvalue weighted by atomic mass is 16.5. The van der Waals surface area contributed by atoms with E-state index < -0.39 is 0 Å². The summed E-state index contributed by atoms with van der Waals surface area (Å²) in [6, 6.07) is 16.9. The number of nitrogens with one attached hydrogen (secondary N) is 1. The predicted octanol–water partition coefficient (Wildman–Crippen LogP) is 5.93. The van der Waals surface area contributed by atoms with Gasteiger partial charge in [0.25, 0.3) is 0 Å². The molecule has 0 aliphatic heterocycles. The first-order valence-electron chi connectivity index (χ1n) is 10.1. The zero-order chi connectivity index (χ0) is 23.1. The van der Waals surface area contributed by atoms with E-state index in [0.717, 1.165) is 16.8 Å². The zero-order valence-electron chi connectivity index (χ0n) is 18.9. The van der Waals surface area contributed by atoms with Crippen LogP contribution in [0.4, 0.5) is 17.1 Å². The summed E-state index contributed by atoms with van der Waals surface area (Å²) in [6.07, 6.45) is 0.0892. The first-order chi connectivity index (χ1) is 15.4. The Balaban J connectivity index is 1.82. The first kappa shape index (κ1) is 22.8. The summed E-state index contributed by atoms with van der Waals surface area (Å²) in [5.41, 5.74) is 4.75. The summed E-state index contributed by atoms with van der Waals surface area (Å²) >= 11 is 0. The number of azo groups is 1. The van der Waals surface area contributed by atoms with Gasteiger partial charge in [-0.1, -0.05) is 29.8 Å². The number of rotatable bonds is 8. The normalized spacial score (nSPS) is 10.8. The van der Waals surface area contributed by atoms with Gasteiger partial charge in [-0.05, 0) is 49.7 Å². The number of ether oxygens (including phenoxy) is 3. The van der Waals surface area contributed by atoms with Gasteiger partial charge in [0.15, 0.2) is 11.5 Å². The fourth-order valence-corrected chi connectivity index (χ4v) is 3.22. The van der Waals surface area contributed by atoms with Gasteiger partial charge >= 0.3 is 0 Å². The number of carbonyl (C=O) groups is 1. The van der Waals surface area contributed by atoms with Crippen molar-refractivity contribution in [1.29, 1.82) is 0 Å². The number of benzene rings is 3. The molecule has 0 aliphatic rings. The van der Waals surface area contributed by atoms with Gasteiger partial charge in [-0.25, -0.2) is 0 Å². The number of methoxy groups -OCH3 is 3. The molecule has 7 heteroatoms. The lowest BCUT2D eigenvalue weighted by Gasteiger charge is -2.16. The van der Waals surface area contributed by atoms with E-state index in [9.17, 15) is 4.79 Å². The molecular formula is C25H27N3O4. The Morgan fingerprint density at radius 1 is 0.812 bits per heavy atom. The van der Waals surface area contributed by atoms with Crippen LogP contribution in [0.15, 0.2) is 64.8 Å². The molecule has 1 N–H and O–H groups in total. The van der Waals surface area contributed by atoms with Crippen LogP contribution >= 0.6 is 0 Å². The second-order valence-electron chi connectivity index (χ2n) is 7.27. The molecule has 0 saturated carbocycles. The zero-order valence-corrected chi connectivity index (χ0v) is 18.9. The minimum Gasteiger partial charge on any atom is -0.493 e. The minimum absolute atomic E-state index is 0.0892. The number of hydrogen-bond donors (Lipinski definition) is 1. The molecule has 3 aromatic rings. The Hall–Kier alpha value is -3.87. The lowest BCUT2D eigenvalue weighted by atomic mass is 10.1. The Morgan fingerprint density at radius 3 is 2.16 bits per heavy atom. The van der Waals surface area contributed by atoms with Gasteiger partial charge in [0.05, 0.1) is 39.1 Å². The number of aryl methyl sites for hydroxylation is 2. The fraction of sp³-hybridized carbons (Fsp3) is 0.240. The van der Waals surface area contributed by atoms with Crippen molar-refractivity contribution in [2.45, 2.75) is 20.3 Å². The van der Waals surface area contributed by atoms with Crippen molar-refractivity contribution >= 4 is 23.0 Å². The highest BCUT2D eigenvalue weighted by Gasteiger charge is 2.18. The maximum Gasteiger partial charge on any atom is 0.229 e. The van der Waals surface area contributed by atoms with Crippen LogP contribution in [0.2, 0.25) is 0 Å². The highest BCUT2D eigenvalue weighted by molar-refractivity contribution is 5.95. The topological polar surface area (TPSA) is 81.5 Å². The number of nitrogens with zero attached hydrogens (tertiary/aromatic N) is 2. The van der Waals surface area contributed by atoms with Crippen molar-refractivity contribution < 1.29 is 19.0 Å². The fourth-order valence-electron chi connectivity index (χ4n) is 3.22. The second kappa shape index (κ2) is 10.4. The molecular weight excluding hydrogens is 406 g/mol.